The first kappa shape index (κ1) is 14.0. The Morgan fingerprint density at radius 2 is 2.16 bits per heavy atom. The van der Waals surface area contributed by atoms with Crippen LogP contribution in [-0.4, -0.2) is 30.1 Å². The van der Waals surface area contributed by atoms with Gasteiger partial charge in [0.15, 0.2) is 11.5 Å². The van der Waals surface area contributed by atoms with Crippen molar-refractivity contribution in [2.24, 2.45) is 5.92 Å². The van der Waals surface area contributed by atoms with Crippen molar-refractivity contribution < 1.29 is 0 Å². The lowest BCUT2D eigenvalue weighted by molar-refractivity contribution is 0.742. The highest BCUT2D eigenvalue weighted by atomic mass is 15.2. The molecule has 7 nitrogen and oxygen atoms in total. The van der Waals surface area contributed by atoms with E-state index in [1.165, 1.54) is 0 Å². The molecule has 3 heterocycles. The molecule has 7 heteroatoms. The number of nitrogens with one attached hydrogen (secondary N) is 1. The van der Waals surface area contributed by atoms with Crippen LogP contribution in [0, 0.1) is 5.92 Å². The van der Waals surface area contributed by atoms with Gasteiger partial charge in [0, 0.05) is 18.0 Å². The van der Waals surface area contributed by atoms with Crippen LogP contribution in [0.25, 0.3) is 22.8 Å². The van der Waals surface area contributed by atoms with Crippen molar-refractivity contribution in [3.63, 3.8) is 0 Å². The summed E-state index contributed by atoms with van der Waals surface area (Å²) in [7, 11) is 0. The first-order valence-electron chi connectivity index (χ1n) is 8.08. The number of hydrogen-bond acceptors (Lipinski definition) is 6. The fourth-order valence-electron chi connectivity index (χ4n) is 3.31. The van der Waals surface area contributed by atoms with E-state index in [2.05, 4.69) is 54.4 Å². The molecular formula is C18H15N7. The van der Waals surface area contributed by atoms with Crippen molar-refractivity contribution >= 4 is 5.82 Å². The van der Waals surface area contributed by atoms with Crippen LogP contribution in [0.4, 0.5) is 5.82 Å². The van der Waals surface area contributed by atoms with Gasteiger partial charge >= 0.3 is 0 Å². The number of hydrogen-bond donors (Lipinski definition) is 2. The molecular weight excluding hydrogens is 314 g/mol. The normalized spacial score (nSPS) is 23.4. The van der Waals surface area contributed by atoms with E-state index in [4.69, 9.17) is 5.73 Å². The summed E-state index contributed by atoms with van der Waals surface area (Å²) in [5, 5.41) is 7.40. The van der Waals surface area contributed by atoms with Crippen LogP contribution >= 0.6 is 0 Å². The highest BCUT2D eigenvalue weighted by molar-refractivity contribution is 5.68. The molecule has 0 aromatic carbocycles. The Morgan fingerprint density at radius 1 is 1.20 bits per heavy atom. The highest BCUT2D eigenvalue weighted by Gasteiger charge is 2.55. The second-order valence-electron chi connectivity index (χ2n) is 6.33. The summed E-state index contributed by atoms with van der Waals surface area (Å²) in [5.74, 6) is 2.11. The smallest absolute Gasteiger partial charge is 0.203 e. The molecule has 0 saturated heterocycles. The molecule has 3 N–H and O–H groups in total. The van der Waals surface area contributed by atoms with Crippen molar-refractivity contribution in [1.82, 2.24) is 30.1 Å². The number of anilines is 1. The standard InChI is InChI=1S/C18H15N7/c19-15-14(22-13(10-21-15)11-4-3-7-20-9-11)16-23-17(25-24-16)18-6-2-1-5-12(18)8-18/h1-7,9-10,12H,8H2,(H2,19,21)(H,23,24,25). The fourth-order valence-corrected chi connectivity index (χ4v) is 3.31. The summed E-state index contributed by atoms with van der Waals surface area (Å²) in [5.41, 5.74) is 8.00. The highest BCUT2D eigenvalue weighted by Crippen LogP contribution is 2.56. The molecule has 5 rings (SSSR count). The molecule has 2 atom stereocenters. The number of fused-ring (bicyclic) bond motifs is 1. The molecule has 1 saturated carbocycles. The van der Waals surface area contributed by atoms with Gasteiger partial charge in [0.25, 0.3) is 0 Å². The number of H-pyrrole nitrogens is 1. The van der Waals surface area contributed by atoms with Crippen LogP contribution in [0.1, 0.15) is 12.2 Å². The van der Waals surface area contributed by atoms with E-state index in [0.717, 1.165) is 17.8 Å². The summed E-state index contributed by atoms with van der Waals surface area (Å²) in [6.07, 6.45) is 14.7. The first-order valence-corrected chi connectivity index (χ1v) is 8.08. The molecule has 0 radical (unpaired) electrons. The van der Waals surface area contributed by atoms with Crippen LogP contribution in [0.5, 0.6) is 0 Å². The summed E-state index contributed by atoms with van der Waals surface area (Å²) >= 11 is 0. The second kappa shape index (κ2) is 5.07. The SMILES string of the molecule is Nc1ncc(-c2cccnc2)nc1-c1n[nH]c(C23C=CC=CC2C3)n1. The maximum Gasteiger partial charge on any atom is 0.203 e. The Bertz CT molecular complexity index is 1010. The van der Waals surface area contributed by atoms with E-state index in [0.29, 0.717) is 28.9 Å². The lowest BCUT2D eigenvalue weighted by Crippen LogP contribution is -2.10. The minimum absolute atomic E-state index is 0.0524. The fraction of sp³-hybridized carbons (Fsp3) is 0.167. The molecule has 2 aliphatic rings. The van der Waals surface area contributed by atoms with Gasteiger partial charge in [-0.15, -0.1) is 0 Å². The van der Waals surface area contributed by atoms with Crippen LogP contribution < -0.4 is 5.73 Å². The molecule has 3 aromatic heterocycles. The lowest BCUT2D eigenvalue weighted by atomic mass is 9.99. The van der Waals surface area contributed by atoms with Crippen molar-refractivity contribution in [3.05, 3.63) is 60.9 Å². The number of nitrogens with two attached hydrogens (primary N) is 1. The van der Waals surface area contributed by atoms with Crippen LogP contribution in [0.2, 0.25) is 0 Å². The Hall–Kier alpha value is -3.35. The molecule has 0 spiro atoms. The van der Waals surface area contributed by atoms with Crippen molar-refractivity contribution in [2.45, 2.75) is 11.8 Å². The number of allylic oxidation sites excluding steroid dienone is 4. The van der Waals surface area contributed by atoms with Crippen molar-refractivity contribution in [1.29, 1.82) is 0 Å². The molecule has 0 bridgehead atoms. The third kappa shape index (κ3) is 2.16. The summed E-state index contributed by atoms with van der Waals surface area (Å²) in [4.78, 5) is 17.6. The minimum atomic E-state index is -0.0524. The number of nitrogen functional groups attached to an aromatic ring is 1. The average molecular weight is 329 g/mol. The van der Waals surface area contributed by atoms with Crippen molar-refractivity contribution in [3.8, 4) is 22.8 Å². The van der Waals surface area contributed by atoms with E-state index < -0.39 is 0 Å². The van der Waals surface area contributed by atoms with E-state index in [1.807, 2.05) is 12.1 Å². The van der Waals surface area contributed by atoms with Gasteiger partial charge in [-0.3, -0.25) is 10.1 Å². The van der Waals surface area contributed by atoms with Gasteiger partial charge in [-0.1, -0.05) is 24.3 Å². The third-order valence-electron chi connectivity index (χ3n) is 4.80. The zero-order valence-electron chi connectivity index (χ0n) is 13.3. The maximum atomic E-state index is 6.02. The van der Waals surface area contributed by atoms with Crippen LogP contribution in [0.3, 0.4) is 0 Å². The number of rotatable bonds is 3. The quantitative estimate of drug-likeness (QED) is 0.763. The van der Waals surface area contributed by atoms with E-state index in [9.17, 15) is 0 Å². The monoisotopic (exact) mass is 329 g/mol. The van der Waals surface area contributed by atoms with Gasteiger partial charge in [-0.25, -0.2) is 15.0 Å². The van der Waals surface area contributed by atoms with Gasteiger partial charge in [-0.2, -0.15) is 5.10 Å². The molecule has 2 aliphatic carbocycles. The summed E-state index contributed by atoms with van der Waals surface area (Å²) in [6, 6.07) is 3.78. The average Bonchev–Trinajstić information content (AvgIpc) is 3.21. The summed E-state index contributed by atoms with van der Waals surface area (Å²) < 4.78 is 0. The topological polar surface area (TPSA) is 106 Å². The number of pyridine rings is 1. The largest absolute Gasteiger partial charge is 0.382 e. The van der Waals surface area contributed by atoms with Crippen molar-refractivity contribution in [2.75, 3.05) is 5.73 Å². The number of aromatic nitrogens is 6. The molecule has 0 aliphatic heterocycles. The van der Waals surface area contributed by atoms with E-state index >= 15 is 0 Å². The molecule has 25 heavy (non-hydrogen) atoms. The minimum Gasteiger partial charge on any atom is -0.382 e. The Labute approximate surface area is 143 Å². The van der Waals surface area contributed by atoms with Gasteiger partial charge < -0.3 is 5.73 Å². The predicted octanol–water partition coefficient (Wildman–Crippen LogP) is 2.29. The Kier molecular flexibility index (Phi) is 2.85. The lowest BCUT2D eigenvalue weighted by Gasteiger charge is -2.09. The Morgan fingerprint density at radius 3 is 3.00 bits per heavy atom. The van der Waals surface area contributed by atoms with E-state index in [1.54, 1.807) is 18.6 Å². The van der Waals surface area contributed by atoms with Gasteiger partial charge in [-0.05, 0) is 24.5 Å². The zero-order valence-corrected chi connectivity index (χ0v) is 13.3. The number of aromatic amines is 1. The number of nitrogens with zero attached hydrogens (tertiary/aromatic N) is 5. The van der Waals surface area contributed by atoms with Crippen LogP contribution in [0.15, 0.2) is 55.0 Å². The van der Waals surface area contributed by atoms with Gasteiger partial charge in [0.05, 0.1) is 17.3 Å². The zero-order chi connectivity index (χ0) is 16.9. The molecule has 2 unspecified atom stereocenters. The molecule has 0 amide bonds. The third-order valence-corrected chi connectivity index (χ3v) is 4.80. The second-order valence-corrected chi connectivity index (χ2v) is 6.33. The predicted molar refractivity (Wildman–Crippen MR) is 93.1 cm³/mol. The molecule has 3 aromatic rings. The Balaban J connectivity index is 1.54. The summed E-state index contributed by atoms with van der Waals surface area (Å²) in [6.45, 7) is 0. The van der Waals surface area contributed by atoms with E-state index in [-0.39, 0.29) is 5.41 Å². The molecule has 122 valence electrons. The molecule has 1 fully saturated rings. The van der Waals surface area contributed by atoms with Gasteiger partial charge in [0.2, 0.25) is 5.82 Å². The maximum absolute atomic E-state index is 6.02. The van der Waals surface area contributed by atoms with Gasteiger partial charge in [0.1, 0.15) is 5.82 Å². The van der Waals surface area contributed by atoms with Crippen LogP contribution in [-0.2, 0) is 5.41 Å². The first-order chi connectivity index (χ1) is 12.3.